The number of alkyl halides is 3. The molecule has 27 heavy (non-hydrogen) atoms. The molecule has 0 spiro atoms. The highest BCUT2D eigenvalue weighted by Gasteiger charge is 2.42. The van der Waals surface area contributed by atoms with Gasteiger partial charge in [0.2, 0.25) is 5.91 Å². The van der Waals surface area contributed by atoms with E-state index in [2.05, 4.69) is 25.7 Å². The van der Waals surface area contributed by atoms with Crippen molar-refractivity contribution in [2.75, 3.05) is 13.6 Å². The summed E-state index contributed by atoms with van der Waals surface area (Å²) in [4.78, 5) is 15.9. The van der Waals surface area contributed by atoms with E-state index >= 15 is 0 Å². The zero-order valence-electron chi connectivity index (χ0n) is 15.8. The van der Waals surface area contributed by atoms with Gasteiger partial charge >= 0.3 is 6.36 Å². The summed E-state index contributed by atoms with van der Waals surface area (Å²) in [6.07, 6.45) is -4.08. The number of ether oxygens (including phenoxy) is 1. The predicted octanol–water partition coefficient (Wildman–Crippen LogP) is 2.52. The van der Waals surface area contributed by atoms with E-state index in [9.17, 15) is 18.0 Å². The molecule has 1 aromatic carbocycles. The van der Waals surface area contributed by atoms with E-state index < -0.39 is 6.36 Å². The number of guanidine groups is 1. The van der Waals surface area contributed by atoms with Crippen LogP contribution >= 0.6 is 0 Å². The first-order chi connectivity index (χ1) is 12.5. The number of halogens is 3. The number of nitrogens with zero attached hydrogens (tertiary/aromatic N) is 1. The molecule has 1 aliphatic carbocycles. The van der Waals surface area contributed by atoms with E-state index in [1.807, 2.05) is 20.8 Å². The van der Waals surface area contributed by atoms with E-state index in [4.69, 9.17) is 0 Å². The topological polar surface area (TPSA) is 74.8 Å². The molecule has 6 nitrogen and oxygen atoms in total. The summed E-state index contributed by atoms with van der Waals surface area (Å²) >= 11 is 0. The molecule has 1 amide bonds. The summed E-state index contributed by atoms with van der Waals surface area (Å²) in [6.45, 7) is 5.69. The number of aliphatic imine (C=N–C) groups is 1. The fourth-order valence-electron chi connectivity index (χ4n) is 2.70. The Kier molecular flexibility index (Phi) is 6.22. The Balaban J connectivity index is 1.91. The third kappa shape index (κ3) is 6.99. The lowest BCUT2D eigenvalue weighted by atomic mass is 10.1. The van der Waals surface area contributed by atoms with Crippen LogP contribution in [0.15, 0.2) is 29.3 Å². The van der Waals surface area contributed by atoms with E-state index in [1.54, 1.807) is 19.2 Å². The molecule has 2 atom stereocenters. The summed E-state index contributed by atoms with van der Waals surface area (Å²) in [7, 11) is 1.56. The minimum atomic E-state index is -4.73. The molecule has 0 saturated heterocycles. The van der Waals surface area contributed by atoms with E-state index in [-0.39, 0.29) is 35.7 Å². The average molecular weight is 386 g/mol. The lowest BCUT2D eigenvalue weighted by molar-refractivity contribution is -0.274. The van der Waals surface area contributed by atoms with E-state index in [0.29, 0.717) is 17.9 Å². The number of amides is 1. The molecule has 1 fully saturated rings. The monoisotopic (exact) mass is 386 g/mol. The minimum absolute atomic E-state index is 0.0438. The number of carbonyl (C=O) groups is 1. The van der Waals surface area contributed by atoms with Crippen molar-refractivity contribution in [3.05, 3.63) is 29.8 Å². The van der Waals surface area contributed by atoms with Gasteiger partial charge in [0, 0.05) is 24.5 Å². The lowest BCUT2D eigenvalue weighted by Crippen LogP contribution is -2.48. The Bertz CT molecular complexity index is 699. The number of rotatable bonds is 5. The lowest BCUT2D eigenvalue weighted by Gasteiger charge is -2.21. The van der Waals surface area contributed by atoms with Crippen LogP contribution in [0.2, 0.25) is 0 Å². The summed E-state index contributed by atoms with van der Waals surface area (Å²) < 4.78 is 41.8. The van der Waals surface area contributed by atoms with Crippen LogP contribution in [-0.4, -0.2) is 43.4 Å². The fourth-order valence-corrected chi connectivity index (χ4v) is 2.70. The normalized spacial score (nSPS) is 20.0. The van der Waals surface area contributed by atoms with Gasteiger partial charge in [-0.05, 0) is 38.8 Å². The minimum Gasteiger partial charge on any atom is -0.405 e. The zero-order valence-corrected chi connectivity index (χ0v) is 15.8. The van der Waals surface area contributed by atoms with Crippen molar-refractivity contribution in [3.63, 3.8) is 0 Å². The second-order valence-corrected chi connectivity index (χ2v) is 7.40. The van der Waals surface area contributed by atoms with Crippen molar-refractivity contribution in [1.29, 1.82) is 0 Å². The van der Waals surface area contributed by atoms with E-state index in [1.165, 1.54) is 12.1 Å². The second kappa shape index (κ2) is 8.06. The van der Waals surface area contributed by atoms with Crippen LogP contribution in [0, 0.1) is 0 Å². The molecule has 3 N–H and O–H groups in total. The summed E-state index contributed by atoms with van der Waals surface area (Å²) in [6, 6.07) is 6.03. The smallest absolute Gasteiger partial charge is 0.405 e. The summed E-state index contributed by atoms with van der Waals surface area (Å²) in [5.74, 6) is -0.0696. The molecular weight excluding hydrogens is 361 g/mol. The predicted molar refractivity (Wildman–Crippen MR) is 96.7 cm³/mol. The van der Waals surface area contributed by atoms with Gasteiger partial charge in [0.25, 0.3) is 0 Å². The molecule has 2 rings (SSSR count). The van der Waals surface area contributed by atoms with Gasteiger partial charge in [-0.3, -0.25) is 9.79 Å². The molecule has 1 aliphatic rings. The number of hydrogen-bond donors (Lipinski definition) is 3. The van der Waals surface area contributed by atoms with Gasteiger partial charge in [0.05, 0.1) is 6.54 Å². The van der Waals surface area contributed by atoms with Gasteiger partial charge in [-0.2, -0.15) is 0 Å². The zero-order chi connectivity index (χ0) is 20.2. The molecule has 1 aromatic rings. The van der Waals surface area contributed by atoms with Gasteiger partial charge in [0.1, 0.15) is 5.75 Å². The highest BCUT2D eigenvalue weighted by Crippen LogP contribution is 2.45. The quantitative estimate of drug-likeness (QED) is 0.537. The second-order valence-electron chi connectivity index (χ2n) is 7.40. The van der Waals surface area contributed by atoms with Crippen LogP contribution < -0.4 is 20.7 Å². The van der Waals surface area contributed by atoms with Crippen molar-refractivity contribution in [2.45, 2.75) is 51.1 Å². The summed E-state index contributed by atoms with van der Waals surface area (Å²) in [5, 5.41) is 8.85. The highest BCUT2D eigenvalue weighted by molar-refractivity contribution is 5.87. The van der Waals surface area contributed by atoms with Crippen LogP contribution in [-0.2, 0) is 4.79 Å². The Morgan fingerprint density at radius 3 is 2.52 bits per heavy atom. The summed E-state index contributed by atoms with van der Waals surface area (Å²) in [5.41, 5.74) is 0.160. The number of para-hydroxylation sites is 1. The molecule has 9 heteroatoms. The first-order valence-electron chi connectivity index (χ1n) is 8.61. The van der Waals surface area contributed by atoms with Gasteiger partial charge in [0.15, 0.2) is 5.96 Å². The van der Waals surface area contributed by atoms with Crippen molar-refractivity contribution in [3.8, 4) is 5.75 Å². The standard InChI is InChI=1S/C18H25F3N4O2/c1-17(2,3)25-15(26)10-23-16(22-4)24-13-9-12(13)11-7-5-6-8-14(11)27-18(19,20)21/h5-8,12-13H,9-10H2,1-4H3,(H,25,26)(H2,22,23,24). The third-order valence-electron chi connectivity index (χ3n) is 3.81. The molecule has 0 aliphatic heterocycles. The van der Waals surface area contributed by atoms with Crippen LogP contribution in [0.5, 0.6) is 5.75 Å². The molecule has 0 radical (unpaired) electrons. The molecule has 1 saturated carbocycles. The van der Waals surface area contributed by atoms with Crippen LogP contribution in [0.25, 0.3) is 0 Å². The van der Waals surface area contributed by atoms with Crippen LogP contribution in [0.4, 0.5) is 13.2 Å². The highest BCUT2D eigenvalue weighted by atomic mass is 19.4. The molecule has 0 aromatic heterocycles. The van der Waals surface area contributed by atoms with Gasteiger partial charge in [-0.1, -0.05) is 18.2 Å². The largest absolute Gasteiger partial charge is 0.573 e. The first kappa shape index (κ1) is 20.9. The number of hydrogen-bond acceptors (Lipinski definition) is 3. The molecule has 0 heterocycles. The van der Waals surface area contributed by atoms with Crippen LogP contribution in [0.3, 0.4) is 0 Å². The van der Waals surface area contributed by atoms with Crippen molar-refractivity contribution in [2.24, 2.45) is 4.99 Å². The molecule has 0 bridgehead atoms. The van der Waals surface area contributed by atoms with E-state index in [0.717, 1.165) is 0 Å². The Morgan fingerprint density at radius 1 is 1.26 bits per heavy atom. The van der Waals surface area contributed by atoms with Crippen molar-refractivity contribution >= 4 is 11.9 Å². The van der Waals surface area contributed by atoms with Gasteiger partial charge in [-0.25, -0.2) is 0 Å². The first-order valence-corrected chi connectivity index (χ1v) is 8.61. The number of carbonyl (C=O) groups excluding carboxylic acids is 1. The molecular formula is C18H25F3N4O2. The van der Waals surface area contributed by atoms with Crippen molar-refractivity contribution in [1.82, 2.24) is 16.0 Å². The maximum absolute atomic E-state index is 12.6. The number of nitrogens with one attached hydrogen (secondary N) is 3. The van der Waals surface area contributed by atoms with Crippen LogP contribution in [0.1, 0.15) is 38.7 Å². The maximum atomic E-state index is 12.6. The molecule has 2 unspecified atom stereocenters. The Labute approximate surface area is 156 Å². The van der Waals surface area contributed by atoms with Gasteiger partial charge < -0.3 is 20.7 Å². The van der Waals surface area contributed by atoms with Gasteiger partial charge in [-0.15, -0.1) is 13.2 Å². The average Bonchev–Trinajstić information content (AvgIpc) is 3.27. The fraction of sp³-hybridized carbons (Fsp3) is 0.556. The SMILES string of the molecule is CN=C(NCC(=O)NC(C)(C)C)NC1CC1c1ccccc1OC(F)(F)F. The maximum Gasteiger partial charge on any atom is 0.573 e. The third-order valence-corrected chi connectivity index (χ3v) is 3.81. The Hall–Kier alpha value is -2.45. The van der Waals surface area contributed by atoms with Crippen molar-refractivity contribution < 1.29 is 22.7 Å². The molecule has 150 valence electrons. The Morgan fingerprint density at radius 2 is 1.93 bits per heavy atom. The number of benzene rings is 1.